The topological polar surface area (TPSA) is 64.6 Å². The maximum absolute atomic E-state index is 12.3. The second-order valence-electron chi connectivity index (χ2n) is 6.93. The lowest BCUT2D eigenvalue weighted by Gasteiger charge is -2.33. The third-order valence-corrected chi connectivity index (χ3v) is 3.32. The molecule has 1 rings (SSSR count). The van der Waals surface area contributed by atoms with Crippen LogP contribution in [0.1, 0.15) is 53.1 Å². The predicted octanol–water partition coefficient (Wildman–Crippen LogP) is 3.84. The summed E-state index contributed by atoms with van der Waals surface area (Å²) in [5.74, 6) is -0.370. The van der Waals surface area contributed by atoms with Gasteiger partial charge in [-0.25, -0.2) is 4.79 Å². The van der Waals surface area contributed by atoms with Crippen LogP contribution in [0.15, 0.2) is 30.3 Å². The van der Waals surface area contributed by atoms with Crippen LogP contribution in [0.25, 0.3) is 0 Å². The van der Waals surface area contributed by atoms with Gasteiger partial charge in [-0.3, -0.25) is 4.79 Å². The van der Waals surface area contributed by atoms with Crippen molar-refractivity contribution in [3.05, 3.63) is 35.9 Å². The van der Waals surface area contributed by atoms with E-state index in [0.717, 1.165) is 5.56 Å². The molecule has 0 radical (unpaired) electrons. The van der Waals surface area contributed by atoms with Gasteiger partial charge in [0.25, 0.3) is 0 Å². The van der Waals surface area contributed by atoms with E-state index in [9.17, 15) is 9.59 Å². The molecule has 0 bridgehead atoms. The molecule has 0 aliphatic rings. The number of amides is 1. The lowest BCUT2D eigenvalue weighted by Crippen LogP contribution is -2.45. The predicted molar refractivity (Wildman–Crippen MR) is 89.0 cm³/mol. The molecule has 0 saturated heterocycles. The Morgan fingerprint density at radius 3 is 2.13 bits per heavy atom. The summed E-state index contributed by atoms with van der Waals surface area (Å²) in [6.07, 6.45) is -0.566. The molecule has 0 aliphatic heterocycles. The molecule has 5 heteroatoms. The fourth-order valence-corrected chi connectivity index (χ4v) is 2.19. The van der Waals surface area contributed by atoms with E-state index in [0.29, 0.717) is 0 Å². The summed E-state index contributed by atoms with van der Waals surface area (Å²) in [6.45, 7) is 10.9. The first-order chi connectivity index (χ1) is 10.6. The number of rotatable bonds is 5. The van der Waals surface area contributed by atoms with E-state index in [1.54, 1.807) is 41.5 Å². The second kappa shape index (κ2) is 7.49. The number of ether oxygens (including phenoxy) is 2. The quantitative estimate of drug-likeness (QED) is 0.837. The van der Waals surface area contributed by atoms with Crippen molar-refractivity contribution in [2.75, 3.05) is 6.61 Å². The van der Waals surface area contributed by atoms with E-state index in [4.69, 9.17) is 9.47 Å². The van der Waals surface area contributed by atoms with Crippen molar-refractivity contribution in [3.8, 4) is 0 Å². The molecular formula is C18H27NO4. The van der Waals surface area contributed by atoms with Gasteiger partial charge >= 0.3 is 12.1 Å². The van der Waals surface area contributed by atoms with Gasteiger partial charge in [0.1, 0.15) is 5.60 Å². The van der Waals surface area contributed by atoms with Gasteiger partial charge < -0.3 is 14.8 Å². The SMILES string of the molecule is CCOC(=O)C(C)(C)C(NC(=O)OC(C)(C)C)c1ccccc1. The Morgan fingerprint density at radius 1 is 1.09 bits per heavy atom. The molecule has 0 heterocycles. The second-order valence-corrected chi connectivity index (χ2v) is 6.93. The lowest BCUT2D eigenvalue weighted by atomic mass is 9.80. The summed E-state index contributed by atoms with van der Waals surface area (Å²) in [6, 6.07) is 8.77. The Balaban J connectivity index is 3.08. The smallest absolute Gasteiger partial charge is 0.408 e. The number of hydrogen-bond donors (Lipinski definition) is 1. The van der Waals surface area contributed by atoms with Crippen molar-refractivity contribution in [2.45, 2.75) is 53.2 Å². The first kappa shape index (κ1) is 19.0. The third-order valence-electron chi connectivity index (χ3n) is 3.32. The minimum Gasteiger partial charge on any atom is -0.466 e. The first-order valence-corrected chi connectivity index (χ1v) is 7.79. The fraction of sp³-hybridized carbons (Fsp3) is 0.556. The zero-order valence-corrected chi connectivity index (χ0v) is 14.8. The lowest BCUT2D eigenvalue weighted by molar-refractivity contribution is -0.155. The summed E-state index contributed by atoms with van der Waals surface area (Å²) < 4.78 is 10.5. The molecule has 5 nitrogen and oxygen atoms in total. The largest absolute Gasteiger partial charge is 0.466 e. The number of esters is 1. The Labute approximate surface area is 138 Å². The molecule has 1 atom stereocenters. The van der Waals surface area contributed by atoms with Gasteiger partial charge in [-0.2, -0.15) is 0 Å². The van der Waals surface area contributed by atoms with Gasteiger partial charge in [0.2, 0.25) is 0 Å². The molecule has 1 N–H and O–H groups in total. The highest BCUT2D eigenvalue weighted by Gasteiger charge is 2.40. The Kier molecular flexibility index (Phi) is 6.19. The number of hydrogen-bond acceptors (Lipinski definition) is 4. The number of carbonyl (C=O) groups is 2. The van der Waals surface area contributed by atoms with Crippen molar-refractivity contribution < 1.29 is 19.1 Å². The molecule has 1 unspecified atom stereocenters. The number of benzene rings is 1. The zero-order valence-electron chi connectivity index (χ0n) is 14.8. The molecule has 0 fully saturated rings. The molecule has 0 aliphatic carbocycles. The molecule has 1 aromatic carbocycles. The van der Waals surface area contributed by atoms with E-state index in [2.05, 4.69) is 5.32 Å². The van der Waals surface area contributed by atoms with Gasteiger partial charge in [-0.1, -0.05) is 30.3 Å². The summed E-state index contributed by atoms with van der Waals surface area (Å²) in [4.78, 5) is 24.5. The average molecular weight is 321 g/mol. The minimum atomic E-state index is -0.936. The molecule has 23 heavy (non-hydrogen) atoms. The van der Waals surface area contributed by atoms with Crippen LogP contribution in [0.4, 0.5) is 4.79 Å². The van der Waals surface area contributed by atoms with Gasteiger partial charge in [0.05, 0.1) is 18.1 Å². The van der Waals surface area contributed by atoms with Crippen LogP contribution in [0.5, 0.6) is 0 Å². The van der Waals surface area contributed by atoms with E-state index in [1.165, 1.54) is 0 Å². The standard InChI is InChI=1S/C18H27NO4/c1-7-22-15(20)18(5,6)14(13-11-9-8-10-12-13)19-16(21)23-17(2,3)4/h8-12,14H,7H2,1-6H3,(H,19,21). The highest BCUT2D eigenvalue weighted by molar-refractivity contribution is 5.79. The fourth-order valence-electron chi connectivity index (χ4n) is 2.19. The molecule has 0 spiro atoms. The zero-order chi connectivity index (χ0) is 17.7. The van der Waals surface area contributed by atoms with Crippen LogP contribution >= 0.6 is 0 Å². The maximum atomic E-state index is 12.3. The highest BCUT2D eigenvalue weighted by Crippen LogP contribution is 2.35. The van der Waals surface area contributed by atoms with Crippen molar-refractivity contribution in [1.82, 2.24) is 5.32 Å². The number of alkyl carbamates (subject to hydrolysis) is 1. The third kappa shape index (κ3) is 5.58. The maximum Gasteiger partial charge on any atom is 0.408 e. The van der Waals surface area contributed by atoms with Crippen molar-refractivity contribution in [2.24, 2.45) is 5.41 Å². The van der Waals surface area contributed by atoms with Crippen LogP contribution in [0.2, 0.25) is 0 Å². The van der Waals surface area contributed by atoms with Gasteiger partial charge in [0.15, 0.2) is 0 Å². The summed E-state index contributed by atoms with van der Waals surface area (Å²) in [5, 5.41) is 2.81. The molecule has 0 aromatic heterocycles. The summed E-state index contributed by atoms with van der Waals surface area (Å²) >= 11 is 0. The van der Waals surface area contributed by atoms with Crippen molar-refractivity contribution in [3.63, 3.8) is 0 Å². The molecule has 1 amide bonds. The first-order valence-electron chi connectivity index (χ1n) is 7.79. The van der Waals surface area contributed by atoms with Crippen molar-refractivity contribution in [1.29, 1.82) is 0 Å². The van der Waals surface area contributed by atoms with Crippen LogP contribution in [0, 0.1) is 5.41 Å². The molecule has 0 saturated carbocycles. The van der Waals surface area contributed by atoms with Gasteiger partial charge in [-0.05, 0) is 47.1 Å². The van der Waals surface area contributed by atoms with E-state index >= 15 is 0 Å². The molecular weight excluding hydrogens is 294 g/mol. The van der Waals surface area contributed by atoms with Crippen LogP contribution in [-0.2, 0) is 14.3 Å². The number of carbonyl (C=O) groups excluding carboxylic acids is 2. The van der Waals surface area contributed by atoms with Crippen LogP contribution in [0.3, 0.4) is 0 Å². The van der Waals surface area contributed by atoms with E-state index in [1.807, 2.05) is 30.3 Å². The minimum absolute atomic E-state index is 0.288. The highest BCUT2D eigenvalue weighted by atomic mass is 16.6. The molecule has 128 valence electrons. The average Bonchev–Trinajstić information content (AvgIpc) is 2.44. The summed E-state index contributed by atoms with van der Waals surface area (Å²) in [7, 11) is 0. The Bertz CT molecular complexity index is 532. The van der Waals surface area contributed by atoms with Crippen LogP contribution in [-0.4, -0.2) is 24.3 Å². The normalized spacial score (nSPS) is 13.1. The van der Waals surface area contributed by atoms with E-state index < -0.39 is 23.2 Å². The Morgan fingerprint density at radius 2 is 1.65 bits per heavy atom. The number of nitrogens with one attached hydrogen (secondary N) is 1. The summed E-state index contributed by atoms with van der Waals surface area (Å²) in [5.41, 5.74) is -0.732. The van der Waals surface area contributed by atoms with E-state index in [-0.39, 0.29) is 12.6 Å². The Hall–Kier alpha value is -2.04. The van der Waals surface area contributed by atoms with Gasteiger partial charge in [-0.15, -0.1) is 0 Å². The van der Waals surface area contributed by atoms with Crippen molar-refractivity contribution >= 4 is 12.1 Å². The monoisotopic (exact) mass is 321 g/mol. The van der Waals surface area contributed by atoms with Gasteiger partial charge in [0, 0.05) is 0 Å². The molecule has 1 aromatic rings. The van der Waals surface area contributed by atoms with Crippen LogP contribution < -0.4 is 5.32 Å².